The fourth-order valence-corrected chi connectivity index (χ4v) is 3.10. The SMILES string of the molecule is CC(C)(C)N1C[C@@H](C#N)[C@H](c2ccc(C(F)(F)F)cc2C(F)(F)F)C1. The molecule has 0 bridgehead atoms. The van der Waals surface area contributed by atoms with Crippen molar-refractivity contribution in [2.24, 2.45) is 5.92 Å². The number of benzene rings is 1. The number of hydrogen-bond donors (Lipinski definition) is 0. The van der Waals surface area contributed by atoms with E-state index in [1.165, 1.54) is 0 Å². The molecule has 0 aliphatic carbocycles. The second-order valence-electron chi connectivity index (χ2n) is 7.22. The summed E-state index contributed by atoms with van der Waals surface area (Å²) in [5, 5.41) is 9.32. The number of nitrogens with zero attached hydrogens (tertiary/aromatic N) is 2. The average molecular weight is 364 g/mol. The van der Waals surface area contributed by atoms with Crippen LogP contribution < -0.4 is 0 Å². The van der Waals surface area contributed by atoms with Crippen molar-refractivity contribution >= 4 is 0 Å². The number of likely N-dealkylation sites (tertiary alicyclic amines) is 1. The van der Waals surface area contributed by atoms with Crippen LogP contribution in [0.2, 0.25) is 0 Å². The fourth-order valence-electron chi connectivity index (χ4n) is 3.10. The summed E-state index contributed by atoms with van der Waals surface area (Å²) >= 11 is 0. The van der Waals surface area contributed by atoms with Crippen LogP contribution >= 0.6 is 0 Å². The van der Waals surface area contributed by atoms with Crippen molar-refractivity contribution < 1.29 is 26.3 Å². The zero-order chi connectivity index (χ0) is 19.2. The number of rotatable bonds is 1. The highest BCUT2D eigenvalue weighted by atomic mass is 19.4. The maximum atomic E-state index is 13.4. The lowest BCUT2D eigenvalue weighted by Crippen LogP contribution is -2.39. The first-order valence-electron chi connectivity index (χ1n) is 7.68. The molecule has 8 heteroatoms. The Morgan fingerprint density at radius 2 is 1.60 bits per heavy atom. The molecule has 2 rings (SSSR count). The minimum absolute atomic E-state index is 0.142. The van der Waals surface area contributed by atoms with E-state index in [1.54, 1.807) is 0 Å². The normalized spacial score (nSPS) is 22.9. The van der Waals surface area contributed by atoms with Gasteiger partial charge in [0.25, 0.3) is 0 Å². The minimum atomic E-state index is -4.92. The predicted molar refractivity (Wildman–Crippen MR) is 79.6 cm³/mol. The highest BCUT2D eigenvalue weighted by Gasteiger charge is 2.44. The third-order valence-corrected chi connectivity index (χ3v) is 4.52. The Labute approximate surface area is 142 Å². The smallest absolute Gasteiger partial charge is 0.297 e. The summed E-state index contributed by atoms with van der Waals surface area (Å²) in [6.45, 7) is 6.10. The third-order valence-electron chi connectivity index (χ3n) is 4.52. The van der Waals surface area contributed by atoms with E-state index in [0.29, 0.717) is 6.07 Å². The Morgan fingerprint density at radius 3 is 2.04 bits per heavy atom. The predicted octanol–water partition coefficient (Wildman–Crippen LogP) is 5.06. The first-order valence-corrected chi connectivity index (χ1v) is 7.68. The molecule has 0 radical (unpaired) electrons. The van der Waals surface area contributed by atoms with Crippen molar-refractivity contribution in [3.8, 4) is 6.07 Å². The van der Waals surface area contributed by atoms with Crippen molar-refractivity contribution in [1.82, 2.24) is 4.90 Å². The van der Waals surface area contributed by atoms with E-state index in [-0.39, 0.29) is 30.3 Å². The molecule has 0 unspecified atom stereocenters. The Morgan fingerprint density at radius 1 is 1.00 bits per heavy atom. The van der Waals surface area contributed by atoms with Crippen molar-refractivity contribution in [2.75, 3.05) is 13.1 Å². The molecule has 0 amide bonds. The van der Waals surface area contributed by atoms with Gasteiger partial charge in [-0.05, 0) is 38.5 Å². The summed E-state index contributed by atoms with van der Waals surface area (Å²) in [7, 11) is 0. The van der Waals surface area contributed by atoms with Gasteiger partial charge in [-0.15, -0.1) is 0 Å². The lowest BCUT2D eigenvalue weighted by molar-refractivity contribution is -0.143. The van der Waals surface area contributed by atoms with Crippen LogP contribution in [0.25, 0.3) is 0 Å². The van der Waals surface area contributed by atoms with E-state index in [9.17, 15) is 31.6 Å². The van der Waals surface area contributed by atoms with Crippen molar-refractivity contribution in [2.45, 2.75) is 44.6 Å². The maximum absolute atomic E-state index is 13.4. The van der Waals surface area contributed by atoms with Gasteiger partial charge in [0.1, 0.15) is 0 Å². The van der Waals surface area contributed by atoms with Gasteiger partial charge in [-0.25, -0.2) is 0 Å². The van der Waals surface area contributed by atoms with E-state index in [1.807, 2.05) is 31.7 Å². The Bertz CT molecular complexity index is 678. The first kappa shape index (κ1) is 19.6. The number of hydrogen-bond acceptors (Lipinski definition) is 2. The fraction of sp³-hybridized carbons (Fsp3) is 0.588. The highest BCUT2D eigenvalue weighted by Crippen LogP contribution is 2.44. The van der Waals surface area contributed by atoms with Crippen LogP contribution in [0.15, 0.2) is 18.2 Å². The van der Waals surface area contributed by atoms with Gasteiger partial charge >= 0.3 is 12.4 Å². The largest absolute Gasteiger partial charge is 0.416 e. The van der Waals surface area contributed by atoms with Gasteiger partial charge in [-0.1, -0.05) is 6.07 Å². The minimum Gasteiger partial charge on any atom is -0.297 e. The molecule has 2 atom stereocenters. The second kappa shape index (κ2) is 6.20. The summed E-state index contributed by atoms with van der Waals surface area (Å²) < 4.78 is 78.5. The summed E-state index contributed by atoms with van der Waals surface area (Å²) in [5.74, 6) is -1.50. The molecule has 1 fully saturated rings. The Hall–Kier alpha value is -1.75. The molecular weight excluding hydrogens is 346 g/mol. The van der Waals surface area contributed by atoms with E-state index in [4.69, 9.17) is 0 Å². The van der Waals surface area contributed by atoms with E-state index in [2.05, 4.69) is 0 Å². The van der Waals surface area contributed by atoms with Gasteiger partial charge in [0.15, 0.2) is 0 Å². The van der Waals surface area contributed by atoms with Crippen LogP contribution in [0.5, 0.6) is 0 Å². The molecule has 1 saturated heterocycles. The zero-order valence-electron chi connectivity index (χ0n) is 14.0. The number of nitriles is 1. The van der Waals surface area contributed by atoms with Gasteiger partial charge in [0.05, 0.1) is 23.1 Å². The molecule has 1 heterocycles. The van der Waals surface area contributed by atoms with Crippen LogP contribution in [0.4, 0.5) is 26.3 Å². The second-order valence-corrected chi connectivity index (χ2v) is 7.22. The monoisotopic (exact) mass is 364 g/mol. The molecule has 1 aliphatic rings. The number of halogens is 6. The van der Waals surface area contributed by atoms with E-state index < -0.39 is 35.3 Å². The van der Waals surface area contributed by atoms with Crippen LogP contribution in [0, 0.1) is 17.2 Å². The summed E-state index contributed by atoms with van der Waals surface area (Å²) in [6, 6.07) is 3.67. The lowest BCUT2D eigenvalue weighted by atomic mass is 9.86. The standard InChI is InChI=1S/C17H18F6N2/c1-15(2,3)25-8-10(7-24)13(9-25)12-5-4-11(16(18,19)20)6-14(12)17(21,22)23/h4-6,10,13H,8-9H2,1-3H3/t10-,13-/m1/s1. The molecule has 1 aromatic carbocycles. The first-order chi connectivity index (χ1) is 11.2. The summed E-state index contributed by atoms with van der Waals surface area (Å²) in [5.41, 5.74) is -3.27. The van der Waals surface area contributed by atoms with Gasteiger partial charge < -0.3 is 0 Å². The molecular formula is C17H18F6N2. The summed E-state index contributed by atoms with van der Waals surface area (Å²) in [4.78, 5) is 1.88. The molecule has 2 nitrogen and oxygen atoms in total. The van der Waals surface area contributed by atoms with Crippen LogP contribution in [0.3, 0.4) is 0 Å². The van der Waals surface area contributed by atoms with Crippen molar-refractivity contribution in [3.05, 3.63) is 34.9 Å². The van der Waals surface area contributed by atoms with E-state index in [0.717, 1.165) is 6.07 Å². The Kier molecular flexibility index (Phi) is 4.86. The molecule has 1 aromatic rings. The maximum Gasteiger partial charge on any atom is 0.416 e. The molecule has 138 valence electrons. The van der Waals surface area contributed by atoms with E-state index >= 15 is 0 Å². The van der Waals surface area contributed by atoms with Gasteiger partial charge in [-0.2, -0.15) is 31.6 Å². The van der Waals surface area contributed by atoms with Crippen molar-refractivity contribution in [3.63, 3.8) is 0 Å². The molecule has 0 N–H and O–H groups in total. The van der Waals surface area contributed by atoms with Crippen LogP contribution in [0.1, 0.15) is 43.4 Å². The Balaban J connectivity index is 2.53. The lowest BCUT2D eigenvalue weighted by Gasteiger charge is -2.31. The molecule has 0 aromatic heterocycles. The quantitative estimate of drug-likeness (QED) is 0.651. The number of alkyl halides is 6. The van der Waals surface area contributed by atoms with Gasteiger partial charge in [-0.3, -0.25) is 4.90 Å². The van der Waals surface area contributed by atoms with Gasteiger partial charge in [0.2, 0.25) is 0 Å². The molecule has 1 aliphatic heterocycles. The third kappa shape index (κ3) is 4.09. The molecule has 25 heavy (non-hydrogen) atoms. The molecule has 0 saturated carbocycles. The van der Waals surface area contributed by atoms with Crippen LogP contribution in [-0.2, 0) is 12.4 Å². The average Bonchev–Trinajstić information content (AvgIpc) is 2.88. The highest BCUT2D eigenvalue weighted by molar-refractivity contribution is 5.39. The zero-order valence-corrected chi connectivity index (χ0v) is 14.0. The van der Waals surface area contributed by atoms with Gasteiger partial charge in [0, 0.05) is 24.5 Å². The van der Waals surface area contributed by atoms with Crippen molar-refractivity contribution in [1.29, 1.82) is 5.26 Å². The van der Waals surface area contributed by atoms with Crippen LogP contribution in [-0.4, -0.2) is 23.5 Å². The topological polar surface area (TPSA) is 27.0 Å². The molecule has 0 spiro atoms. The summed E-state index contributed by atoms with van der Waals surface area (Å²) in [6.07, 6.45) is -9.79.